The van der Waals surface area contributed by atoms with E-state index in [1.165, 1.54) is 4.88 Å². The van der Waals surface area contributed by atoms with Crippen LogP contribution in [0.3, 0.4) is 0 Å². The standard InChI is InChI=1S/C14H15ClN4OS/c15-13-4-3-12(16-17-13)14(20)19-7-5-18(6-8-19)10-11-2-1-9-21-11/h1-4,9H,5-8,10H2. The van der Waals surface area contributed by atoms with Crippen LogP contribution < -0.4 is 0 Å². The van der Waals surface area contributed by atoms with Crippen LogP contribution in [0.5, 0.6) is 0 Å². The summed E-state index contributed by atoms with van der Waals surface area (Å²) in [6, 6.07) is 7.43. The number of carbonyl (C=O) groups is 1. The molecule has 5 nitrogen and oxygen atoms in total. The van der Waals surface area contributed by atoms with E-state index < -0.39 is 0 Å². The van der Waals surface area contributed by atoms with E-state index in [9.17, 15) is 4.79 Å². The van der Waals surface area contributed by atoms with E-state index in [2.05, 4.69) is 32.6 Å². The van der Waals surface area contributed by atoms with E-state index in [-0.39, 0.29) is 5.91 Å². The third kappa shape index (κ3) is 3.58. The molecule has 0 bridgehead atoms. The van der Waals surface area contributed by atoms with E-state index in [4.69, 9.17) is 11.6 Å². The van der Waals surface area contributed by atoms with E-state index >= 15 is 0 Å². The van der Waals surface area contributed by atoms with E-state index in [0.717, 1.165) is 19.6 Å². The van der Waals surface area contributed by atoms with Crippen LogP contribution in [-0.2, 0) is 6.54 Å². The Balaban J connectivity index is 1.55. The Morgan fingerprint density at radius 3 is 2.62 bits per heavy atom. The van der Waals surface area contributed by atoms with Crippen molar-refractivity contribution in [2.24, 2.45) is 0 Å². The highest BCUT2D eigenvalue weighted by molar-refractivity contribution is 7.09. The second kappa shape index (κ2) is 6.51. The Morgan fingerprint density at radius 2 is 2.00 bits per heavy atom. The molecule has 1 saturated heterocycles. The molecule has 7 heteroatoms. The van der Waals surface area contributed by atoms with Crippen LogP contribution in [0.4, 0.5) is 0 Å². The number of rotatable bonds is 3. The first-order chi connectivity index (χ1) is 10.2. The van der Waals surface area contributed by atoms with Gasteiger partial charge in [-0.3, -0.25) is 9.69 Å². The zero-order valence-corrected chi connectivity index (χ0v) is 13.0. The second-order valence-corrected chi connectivity index (χ2v) is 6.31. The lowest BCUT2D eigenvalue weighted by atomic mass is 10.2. The molecule has 3 rings (SSSR count). The highest BCUT2D eigenvalue weighted by Gasteiger charge is 2.23. The molecule has 2 aromatic rings. The van der Waals surface area contributed by atoms with Crippen molar-refractivity contribution in [2.45, 2.75) is 6.54 Å². The molecular formula is C14H15ClN4OS. The summed E-state index contributed by atoms with van der Waals surface area (Å²) in [6.07, 6.45) is 0. The topological polar surface area (TPSA) is 49.3 Å². The minimum atomic E-state index is -0.0741. The van der Waals surface area contributed by atoms with Gasteiger partial charge in [0.05, 0.1) is 0 Å². The van der Waals surface area contributed by atoms with Gasteiger partial charge in [0, 0.05) is 37.6 Å². The van der Waals surface area contributed by atoms with Crippen molar-refractivity contribution in [2.75, 3.05) is 26.2 Å². The Morgan fingerprint density at radius 1 is 1.19 bits per heavy atom. The largest absolute Gasteiger partial charge is 0.335 e. The average Bonchev–Trinajstić information content (AvgIpc) is 3.01. The van der Waals surface area contributed by atoms with Crippen LogP contribution in [0.15, 0.2) is 29.6 Å². The van der Waals surface area contributed by atoms with Crippen molar-refractivity contribution in [1.29, 1.82) is 0 Å². The van der Waals surface area contributed by atoms with Crippen molar-refractivity contribution in [3.63, 3.8) is 0 Å². The lowest BCUT2D eigenvalue weighted by Gasteiger charge is -2.34. The van der Waals surface area contributed by atoms with Gasteiger partial charge in [-0.1, -0.05) is 17.7 Å². The molecule has 1 fully saturated rings. The third-order valence-electron chi connectivity index (χ3n) is 3.47. The molecule has 0 N–H and O–H groups in total. The molecule has 0 unspecified atom stereocenters. The fraction of sp³-hybridized carbons (Fsp3) is 0.357. The molecular weight excluding hydrogens is 308 g/mol. The van der Waals surface area contributed by atoms with Crippen LogP contribution in [0.25, 0.3) is 0 Å². The monoisotopic (exact) mass is 322 g/mol. The number of piperazine rings is 1. The zero-order valence-electron chi connectivity index (χ0n) is 11.4. The molecule has 1 aliphatic heterocycles. The minimum absolute atomic E-state index is 0.0741. The molecule has 0 aliphatic carbocycles. The SMILES string of the molecule is O=C(c1ccc(Cl)nn1)N1CCN(Cc2cccs2)CC1. The number of carbonyl (C=O) groups excluding carboxylic acids is 1. The highest BCUT2D eigenvalue weighted by atomic mass is 35.5. The van der Waals surface area contributed by atoms with Crippen molar-refractivity contribution in [3.8, 4) is 0 Å². The molecule has 0 atom stereocenters. The fourth-order valence-electron chi connectivity index (χ4n) is 2.32. The van der Waals surface area contributed by atoms with Gasteiger partial charge in [0.2, 0.25) is 0 Å². The summed E-state index contributed by atoms with van der Waals surface area (Å²) in [5, 5.41) is 9.96. The zero-order chi connectivity index (χ0) is 14.7. The minimum Gasteiger partial charge on any atom is -0.335 e. The summed E-state index contributed by atoms with van der Waals surface area (Å²) >= 11 is 7.45. The van der Waals surface area contributed by atoms with Gasteiger partial charge in [0.25, 0.3) is 5.91 Å². The van der Waals surface area contributed by atoms with E-state index in [1.54, 1.807) is 23.5 Å². The summed E-state index contributed by atoms with van der Waals surface area (Å²) in [4.78, 5) is 17.8. The molecule has 0 spiro atoms. The van der Waals surface area contributed by atoms with Gasteiger partial charge < -0.3 is 4.90 Å². The fourth-order valence-corrected chi connectivity index (χ4v) is 3.17. The number of hydrogen-bond acceptors (Lipinski definition) is 5. The average molecular weight is 323 g/mol. The Hall–Kier alpha value is -1.50. The van der Waals surface area contributed by atoms with Gasteiger partial charge in [0.15, 0.2) is 10.8 Å². The number of amides is 1. The number of hydrogen-bond donors (Lipinski definition) is 0. The Labute approximate surface area is 132 Å². The van der Waals surface area contributed by atoms with Crippen LogP contribution in [0, 0.1) is 0 Å². The lowest BCUT2D eigenvalue weighted by molar-refractivity contribution is 0.0622. The van der Waals surface area contributed by atoms with Crippen molar-refractivity contribution >= 4 is 28.8 Å². The van der Waals surface area contributed by atoms with Crippen LogP contribution in [-0.4, -0.2) is 52.1 Å². The van der Waals surface area contributed by atoms with Crippen LogP contribution in [0.2, 0.25) is 5.15 Å². The van der Waals surface area contributed by atoms with Gasteiger partial charge in [-0.25, -0.2) is 0 Å². The first-order valence-electron chi connectivity index (χ1n) is 6.75. The van der Waals surface area contributed by atoms with Gasteiger partial charge in [-0.05, 0) is 23.6 Å². The predicted octanol–water partition coefficient (Wildman–Crippen LogP) is 2.15. The summed E-state index contributed by atoms with van der Waals surface area (Å²) < 4.78 is 0. The maximum absolute atomic E-state index is 12.3. The number of halogens is 1. The predicted molar refractivity (Wildman–Crippen MR) is 82.5 cm³/mol. The maximum atomic E-state index is 12.3. The molecule has 110 valence electrons. The van der Waals surface area contributed by atoms with Crippen molar-refractivity contribution in [1.82, 2.24) is 20.0 Å². The normalized spacial score (nSPS) is 16.1. The summed E-state index contributed by atoms with van der Waals surface area (Å²) in [6.45, 7) is 4.15. The molecule has 2 aromatic heterocycles. The van der Waals surface area contributed by atoms with Gasteiger partial charge >= 0.3 is 0 Å². The van der Waals surface area contributed by atoms with E-state index in [1.807, 2.05) is 4.90 Å². The van der Waals surface area contributed by atoms with Crippen molar-refractivity contribution < 1.29 is 4.79 Å². The highest BCUT2D eigenvalue weighted by Crippen LogP contribution is 2.14. The maximum Gasteiger partial charge on any atom is 0.274 e. The van der Waals surface area contributed by atoms with Gasteiger partial charge in [-0.15, -0.1) is 21.5 Å². The number of thiophene rings is 1. The summed E-state index contributed by atoms with van der Waals surface area (Å²) in [5.74, 6) is -0.0741. The van der Waals surface area contributed by atoms with Crippen LogP contribution in [0.1, 0.15) is 15.4 Å². The molecule has 0 saturated carbocycles. The third-order valence-corrected chi connectivity index (χ3v) is 4.53. The Bertz CT molecular complexity index is 594. The lowest BCUT2D eigenvalue weighted by Crippen LogP contribution is -2.48. The smallest absolute Gasteiger partial charge is 0.274 e. The molecule has 21 heavy (non-hydrogen) atoms. The first-order valence-corrected chi connectivity index (χ1v) is 8.01. The van der Waals surface area contributed by atoms with Crippen molar-refractivity contribution in [3.05, 3.63) is 45.4 Å². The van der Waals surface area contributed by atoms with Gasteiger partial charge in [0.1, 0.15) is 0 Å². The second-order valence-electron chi connectivity index (χ2n) is 4.89. The number of nitrogens with zero attached hydrogens (tertiary/aromatic N) is 4. The number of aromatic nitrogens is 2. The molecule has 3 heterocycles. The quantitative estimate of drug-likeness (QED) is 0.869. The summed E-state index contributed by atoms with van der Waals surface area (Å²) in [7, 11) is 0. The molecule has 0 radical (unpaired) electrons. The first kappa shape index (κ1) is 14.4. The molecule has 1 amide bonds. The van der Waals surface area contributed by atoms with Crippen LogP contribution >= 0.6 is 22.9 Å². The molecule has 0 aromatic carbocycles. The van der Waals surface area contributed by atoms with Gasteiger partial charge in [-0.2, -0.15) is 0 Å². The van der Waals surface area contributed by atoms with E-state index in [0.29, 0.717) is 23.9 Å². The Kier molecular flexibility index (Phi) is 4.48. The summed E-state index contributed by atoms with van der Waals surface area (Å²) in [5.41, 5.74) is 0.353. The molecule has 1 aliphatic rings.